The van der Waals surface area contributed by atoms with Gasteiger partial charge in [-0.1, -0.05) is 6.58 Å². The van der Waals surface area contributed by atoms with Crippen molar-refractivity contribution in [1.82, 2.24) is 0 Å². The van der Waals surface area contributed by atoms with E-state index in [0.717, 1.165) is 0 Å². The summed E-state index contributed by atoms with van der Waals surface area (Å²) in [6.45, 7) is -0.0206. The van der Waals surface area contributed by atoms with Gasteiger partial charge in [0.15, 0.2) is 6.61 Å². The van der Waals surface area contributed by atoms with Crippen LogP contribution in [-0.2, 0) is 9.53 Å². The van der Waals surface area contributed by atoms with Crippen LogP contribution in [-0.4, -0.2) is 42.7 Å². The zero-order chi connectivity index (χ0) is 17.3. The molecule has 1 unspecified atom stereocenters. The molecule has 0 heterocycles. The third-order valence-corrected chi connectivity index (χ3v) is 2.05. The van der Waals surface area contributed by atoms with Crippen LogP contribution in [0.3, 0.4) is 0 Å². The Hall–Kier alpha value is -1.49. The maximum Gasteiger partial charge on any atom is 0.425 e. The topological polar surface area (TPSA) is 26.3 Å². The monoisotopic (exact) mass is 336 g/mol. The van der Waals surface area contributed by atoms with Crippen LogP contribution in [0, 0.1) is 0 Å². The lowest BCUT2D eigenvalue weighted by molar-refractivity contribution is -0.360. The van der Waals surface area contributed by atoms with Crippen LogP contribution >= 0.6 is 0 Å². The molecular formula is C9H6F10O2. The van der Waals surface area contributed by atoms with E-state index >= 15 is 0 Å². The van der Waals surface area contributed by atoms with Gasteiger partial charge in [-0.05, 0) is 0 Å². The number of carbonyl (C=O) groups excluding carboxylic acids is 1. The summed E-state index contributed by atoms with van der Waals surface area (Å²) in [4.78, 5) is 10.4. The number of esters is 1. The lowest BCUT2D eigenvalue weighted by Gasteiger charge is -2.34. The Labute approximate surface area is 110 Å². The second kappa shape index (κ2) is 5.72. The first-order valence-corrected chi connectivity index (χ1v) is 4.74. The summed E-state index contributed by atoms with van der Waals surface area (Å²) in [6.07, 6.45) is -11.8. The molecule has 0 aromatic rings. The van der Waals surface area contributed by atoms with Crippen LogP contribution < -0.4 is 0 Å². The Kier molecular flexibility index (Phi) is 5.31. The molecule has 0 bridgehead atoms. The molecule has 21 heavy (non-hydrogen) atoms. The van der Waals surface area contributed by atoms with Crippen molar-refractivity contribution in [2.45, 2.75) is 30.1 Å². The average Bonchev–Trinajstić information content (AvgIpc) is 2.33. The van der Waals surface area contributed by atoms with Gasteiger partial charge in [0.1, 0.15) is 0 Å². The number of alkyl halides is 10. The minimum absolute atomic E-state index is 0.208. The Balaban J connectivity index is 5.41. The van der Waals surface area contributed by atoms with Crippen molar-refractivity contribution in [3.63, 3.8) is 0 Å². The first-order chi connectivity index (χ1) is 9.11. The molecule has 0 aliphatic rings. The lowest BCUT2D eigenvalue weighted by Crippen LogP contribution is -2.62. The summed E-state index contributed by atoms with van der Waals surface area (Å²) < 4.78 is 128. The van der Waals surface area contributed by atoms with Crippen molar-refractivity contribution in [2.24, 2.45) is 0 Å². The van der Waals surface area contributed by atoms with E-state index in [1.54, 1.807) is 0 Å². The minimum Gasteiger partial charge on any atom is -0.456 e. The van der Waals surface area contributed by atoms with Gasteiger partial charge in [0, 0.05) is 6.08 Å². The molecule has 12 heteroatoms. The molecule has 0 aliphatic heterocycles. The number of halogens is 10. The number of rotatable bonds is 6. The molecule has 0 aliphatic carbocycles. The fourth-order valence-corrected chi connectivity index (χ4v) is 0.920. The Morgan fingerprint density at radius 2 is 1.48 bits per heavy atom. The highest BCUT2D eigenvalue weighted by Gasteiger charge is 2.78. The third-order valence-electron chi connectivity index (χ3n) is 2.05. The Bertz CT molecular complexity index is 400. The zero-order valence-corrected chi connectivity index (χ0v) is 9.67. The summed E-state index contributed by atoms with van der Waals surface area (Å²) in [5.74, 6) is -21.2. The van der Waals surface area contributed by atoms with Crippen molar-refractivity contribution in [2.75, 3.05) is 6.61 Å². The van der Waals surface area contributed by atoms with E-state index in [-0.39, 0.29) is 6.08 Å². The number of ether oxygens (including phenoxy) is 1. The van der Waals surface area contributed by atoms with Crippen LogP contribution in [0.4, 0.5) is 43.9 Å². The fraction of sp³-hybridized carbons (Fsp3) is 0.667. The molecule has 0 N–H and O–H groups in total. The molecular weight excluding hydrogens is 330 g/mol. The predicted octanol–water partition coefficient (Wildman–Crippen LogP) is 3.52. The normalized spacial score (nSPS) is 15.5. The van der Waals surface area contributed by atoms with Crippen LogP contribution in [0.5, 0.6) is 0 Å². The maximum absolute atomic E-state index is 12.9. The molecule has 0 rings (SSSR count). The number of hydrogen-bond acceptors (Lipinski definition) is 2. The van der Waals surface area contributed by atoms with Gasteiger partial charge < -0.3 is 4.74 Å². The van der Waals surface area contributed by atoms with Gasteiger partial charge >= 0.3 is 29.9 Å². The first-order valence-electron chi connectivity index (χ1n) is 4.74. The maximum atomic E-state index is 12.9. The van der Waals surface area contributed by atoms with Crippen molar-refractivity contribution in [3.05, 3.63) is 12.7 Å². The number of hydrogen-bond donors (Lipinski definition) is 0. The van der Waals surface area contributed by atoms with E-state index in [9.17, 15) is 48.7 Å². The van der Waals surface area contributed by atoms with Gasteiger partial charge in [-0.25, -0.2) is 9.18 Å². The summed E-state index contributed by atoms with van der Waals surface area (Å²) in [5.41, 5.74) is 0. The smallest absolute Gasteiger partial charge is 0.425 e. The molecule has 0 spiro atoms. The molecule has 0 fully saturated rings. The molecule has 1 atom stereocenters. The van der Waals surface area contributed by atoms with Gasteiger partial charge in [-0.15, -0.1) is 0 Å². The molecule has 2 nitrogen and oxygen atoms in total. The quantitative estimate of drug-likeness (QED) is 0.421. The summed E-state index contributed by atoms with van der Waals surface area (Å²) in [6, 6.07) is 0. The average molecular weight is 336 g/mol. The fourth-order valence-electron chi connectivity index (χ4n) is 0.920. The molecule has 0 aromatic heterocycles. The Morgan fingerprint density at radius 1 is 1.05 bits per heavy atom. The summed E-state index contributed by atoms with van der Waals surface area (Å²) in [5, 5.41) is 0. The van der Waals surface area contributed by atoms with Crippen LogP contribution in [0.1, 0.15) is 0 Å². The molecule has 0 saturated carbocycles. The van der Waals surface area contributed by atoms with Crippen LogP contribution in [0.25, 0.3) is 0 Å². The van der Waals surface area contributed by atoms with Crippen molar-refractivity contribution in [1.29, 1.82) is 0 Å². The van der Waals surface area contributed by atoms with Crippen molar-refractivity contribution < 1.29 is 53.4 Å². The second-order valence-corrected chi connectivity index (χ2v) is 3.62. The molecule has 0 saturated heterocycles. The van der Waals surface area contributed by atoms with Gasteiger partial charge in [0.25, 0.3) is 6.17 Å². The Morgan fingerprint density at radius 3 is 1.81 bits per heavy atom. The van der Waals surface area contributed by atoms with Gasteiger partial charge in [-0.3, -0.25) is 0 Å². The van der Waals surface area contributed by atoms with E-state index in [0.29, 0.717) is 0 Å². The molecule has 0 amide bonds. The van der Waals surface area contributed by atoms with E-state index in [1.165, 1.54) is 0 Å². The SMILES string of the molecule is C=CC(=O)OCC(F)(F)C(F)(F)C(F)(F)C(F)C(F)(F)F. The van der Waals surface area contributed by atoms with E-state index in [1.807, 2.05) is 0 Å². The van der Waals surface area contributed by atoms with Gasteiger partial charge in [0.2, 0.25) is 0 Å². The lowest BCUT2D eigenvalue weighted by atomic mass is 10.0. The van der Waals surface area contributed by atoms with Crippen molar-refractivity contribution in [3.8, 4) is 0 Å². The highest BCUT2D eigenvalue weighted by molar-refractivity contribution is 5.81. The standard InChI is InChI=1S/C9H6F10O2/c1-2-4(20)21-3-6(11,12)9(18,19)7(13,14)5(10)8(15,16)17/h2,5H,1,3H2. The van der Waals surface area contributed by atoms with E-state index in [4.69, 9.17) is 0 Å². The van der Waals surface area contributed by atoms with E-state index in [2.05, 4.69) is 11.3 Å². The summed E-state index contributed by atoms with van der Waals surface area (Å²) in [7, 11) is 0. The largest absolute Gasteiger partial charge is 0.456 e. The van der Waals surface area contributed by atoms with Gasteiger partial charge in [0.05, 0.1) is 0 Å². The highest BCUT2D eigenvalue weighted by Crippen LogP contribution is 2.51. The van der Waals surface area contributed by atoms with Gasteiger partial charge in [-0.2, -0.15) is 39.5 Å². The highest BCUT2D eigenvalue weighted by atomic mass is 19.4. The van der Waals surface area contributed by atoms with Crippen LogP contribution in [0.15, 0.2) is 12.7 Å². The molecule has 124 valence electrons. The summed E-state index contributed by atoms with van der Waals surface area (Å²) >= 11 is 0. The van der Waals surface area contributed by atoms with Crippen molar-refractivity contribution >= 4 is 5.97 Å². The minimum atomic E-state index is -6.78. The molecule has 0 aromatic carbocycles. The van der Waals surface area contributed by atoms with E-state index < -0.39 is 42.7 Å². The second-order valence-electron chi connectivity index (χ2n) is 3.62. The third kappa shape index (κ3) is 3.79. The zero-order valence-electron chi connectivity index (χ0n) is 9.67. The predicted molar refractivity (Wildman–Crippen MR) is 46.9 cm³/mol. The molecule has 0 radical (unpaired) electrons. The van der Waals surface area contributed by atoms with Crippen LogP contribution in [0.2, 0.25) is 0 Å². The number of carbonyl (C=O) groups is 1. The first kappa shape index (κ1) is 19.5.